The SMILES string of the molecule is CCCCCn1c(N2CCN(c3cccc(Cl)c3)CC2)nc2c1c(=O)[nH]c(=O)n2C. The molecule has 1 saturated heterocycles. The van der Waals surface area contributed by atoms with Crippen molar-refractivity contribution in [3.8, 4) is 0 Å². The normalized spacial score (nSPS) is 14.6. The Hall–Kier alpha value is -2.74. The largest absolute Gasteiger partial charge is 0.368 e. The first-order chi connectivity index (χ1) is 14.5. The maximum absolute atomic E-state index is 12.6. The summed E-state index contributed by atoms with van der Waals surface area (Å²) in [6, 6.07) is 7.88. The molecular formula is C21H27ClN6O2. The maximum atomic E-state index is 12.6. The number of hydrogen-bond acceptors (Lipinski definition) is 5. The van der Waals surface area contributed by atoms with Gasteiger partial charge in [-0.25, -0.2) is 4.79 Å². The van der Waals surface area contributed by atoms with Gasteiger partial charge >= 0.3 is 5.69 Å². The Morgan fingerprint density at radius 3 is 2.53 bits per heavy atom. The monoisotopic (exact) mass is 430 g/mol. The van der Waals surface area contributed by atoms with Crippen LogP contribution in [0, 0.1) is 0 Å². The summed E-state index contributed by atoms with van der Waals surface area (Å²) >= 11 is 6.15. The molecule has 0 unspecified atom stereocenters. The Morgan fingerprint density at radius 1 is 1.10 bits per heavy atom. The van der Waals surface area contributed by atoms with Gasteiger partial charge in [0.25, 0.3) is 5.56 Å². The number of benzene rings is 1. The molecule has 1 aliphatic heterocycles. The molecule has 4 rings (SSSR count). The number of nitrogens with zero attached hydrogens (tertiary/aromatic N) is 5. The predicted molar refractivity (Wildman–Crippen MR) is 121 cm³/mol. The van der Waals surface area contributed by atoms with Gasteiger partial charge in [0.15, 0.2) is 11.2 Å². The first-order valence-corrected chi connectivity index (χ1v) is 10.8. The number of piperazine rings is 1. The molecule has 1 fully saturated rings. The van der Waals surface area contributed by atoms with Crippen LogP contribution in [0.2, 0.25) is 5.02 Å². The fourth-order valence-corrected chi connectivity index (χ4v) is 4.22. The van der Waals surface area contributed by atoms with Crippen LogP contribution in [-0.2, 0) is 13.6 Å². The van der Waals surface area contributed by atoms with Crippen LogP contribution in [0.3, 0.4) is 0 Å². The van der Waals surface area contributed by atoms with Gasteiger partial charge in [-0.2, -0.15) is 4.98 Å². The van der Waals surface area contributed by atoms with Crippen LogP contribution in [0.25, 0.3) is 11.2 Å². The number of unbranched alkanes of at least 4 members (excludes halogenated alkanes) is 2. The molecule has 0 saturated carbocycles. The molecule has 8 nitrogen and oxygen atoms in total. The summed E-state index contributed by atoms with van der Waals surface area (Å²) in [5, 5.41) is 0.729. The summed E-state index contributed by atoms with van der Waals surface area (Å²) in [5.41, 5.74) is 1.20. The Balaban J connectivity index is 1.66. The number of imidazole rings is 1. The summed E-state index contributed by atoms with van der Waals surface area (Å²) in [5.74, 6) is 0.763. The number of halogens is 1. The molecule has 0 aliphatic carbocycles. The van der Waals surface area contributed by atoms with Gasteiger partial charge < -0.3 is 14.4 Å². The molecule has 2 aromatic heterocycles. The highest BCUT2D eigenvalue weighted by atomic mass is 35.5. The number of nitrogens with one attached hydrogen (secondary N) is 1. The van der Waals surface area contributed by atoms with Crippen molar-refractivity contribution in [2.24, 2.45) is 7.05 Å². The second kappa shape index (κ2) is 8.55. The molecule has 9 heteroatoms. The topological polar surface area (TPSA) is 79.2 Å². The summed E-state index contributed by atoms with van der Waals surface area (Å²) in [7, 11) is 1.64. The molecule has 160 valence electrons. The summed E-state index contributed by atoms with van der Waals surface area (Å²) in [6.45, 7) is 6.06. The van der Waals surface area contributed by atoms with Gasteiger partial charge in [-0.05, 0) is 24.6 Å². The van der Waals surface area contributed by atoms with Gasteiger partial charge in [-0.15, -0.1) is 0 Å². The van der Waals surface area contributed by atoms with Gasteiger partial charge in [0.05, 0.1) is 0 Å². The third kappa shape index (κ3) is 3.84. The molecule has 1 aromatic carbocycles. The van der Waals surface area contributed by atoms with Crippen molar-refractivity contribution in [2.75, 3.05) is 36.0 Å². The number of aromatic nitrogens is 4. The highest BCUT2D eigenvalue weighted by molar-refractivity contribution is 6.30. The van der Waals surface area contributed by atoms with Crippen LogP contribution in [0.1, 0.15) is 26.2 Å². The van der Waals surface area contributed by atoms with Crippen molar-refractivity contribution in [3.05, 3.63) is 50.1 Å². The Morgan fingerprint density at radius 2 is 1.83 bits per heavy atom. The standard InChI is InChI=1S/C21H27ClN6O2/c1-3-4-5-9-28-17-18(25(2)21(30)24-19(17)29)23-20(28)27-12-10-26(11-13-27)16-8-6-7-15(22)14-16/h6-8,14H,3-5,9-13H2,1-2H3,(H,24,29,30). The molecular weight excluding hydrogens is 404 g/mol. The molecule has 0 spiro atoms. The van der Waals surface area contributed by atoms with Gasteiger partial charge in [-0.3, -0.25) is 14.3 Å². The number of anilines is 2. The second-order valence-corrected chi connectivity index (χ2v) is 8.15. The zero-order valence-electron chi connectivity index (χ0n) is 17.4. The van der Waals surface area contributed by atoms with Crippen LogP contribution in [0.4, 0.5) is 11.6 Å². The molecule has 1 aliphatic rings. The quantitative estimate of drug-likeness (QED) is 0.608. The van der Waals surface area contributed by atoms with E-state index in [1.54, 1.807) is 7.05 Å². The zero-order chi connectivity index (χ0) is 21.3. The lowest BCUT2D eigenvalue weighted by atomic mass is 10.2. The third-order valence-corrected chi connectivity index (χ3v) is 5.94. The minimum atomic E-state index is -0.442. The van der Waals surface area contributed by atoms with Crippen molar-refractivity contribution in [3.63, 3.8) is 0 Å². The fraction of sp³-hybridized carbons (Fsp3) is 0.476. The van der Waals surface area contributed by atoms with Gasteiger partial charge in [0, 0.05) is 50.5 Å². The summed E-state index contributed by atoms with van der Waals surface area (Å²) in [4.78, 5) is 36.3. The van der Waals surface area contributed by atoms with Crippen molar-refractivity contribution >= 4 is 34.4 Å². The fourth-order valence-electron chi connectivity index (χ4n) is 4.03. The molecule has 0 atom stereocenters. The van der Waals surface area contributed by atoms with E-state index in [4.69, 9.17) is 16.6 Å². The first kappa shape index (κ1) is 20.5. The highest BCUT2D eigenvalue weighted by Gasteiger charge is 2.25. The molecule has 0 radical (unpaired) electrons. The van der Waals surface area contributed by atoms with Crippen molar-refractivity contribution < 1.29 is 0 Å². The molecule has 3 aromatic rings. The Labute approximate surface area is 179 Å². The summed E-state index contributed by atoms with van der Waals surface area (Å²) in [6.07, 6.45) is 3.13. The minimum Gasteiger partial charge on any atom is -0.368 e. The maximum Gasteiger partial charge on any atom is 0.329 e. The lowest BCUT2D eigenvalue weighted by Crippen LogP contribution is -2.47. The molecule has 0 bridgehead atoms. The average molecular weight is 431 g/mol. The number of rotatable bonds is 6. The van der Waals surface area contributed by atoms with E-state index in [0.717, 1.165) is 62.1 Å². The van der Waals surface area contributed by atoms with Crippen LogP contribution < -0.4 is 21.0 Å². The van der Waals surface area contributed by atoms with E-state index in [2.05, 4.69) is 27.8 Å². The molecule has 30 heavy (non-hydrogen) atoms. The molecule has 3 heterocycles. The van der Waals surface area contributed by atoms with Gasteiger partial charge in [0.1, 0.15) is 0 Å². The summed E-state index contributed by atoms with van der Waals surface area (Å²) < 4.78 is 3.40. The number of fused-ring (bicyclic) bond motifs is 1. The molecule has 0 amide bonds. The Kier molecular flexibility index (Phi) is 5.85. The smallest absolute Gasteiger partial charge is 0.329 e. The Bertz CT molecular complexity index is 1160. The van der Waals surface area contributed by atoms with E-state index in [9.17, 15) is 9.59 Å². The number of H-pyrrole nitrogens is 1. The lowest BCUT2D eigenvalue weighted by molar-refractivity contribution is 0.582. The van der Waals surface area contributed by atoms with Crippen molar-refractivity contribution in [1.29, 1.82) is 0 Å². The minimum absolute atomic E-state index is 0.374. The van der Waals surface area contributed by atoms with Crippen LogP contribution in [0.5, 0.6) is 0 Å². The van der Waals surface area contributed by atoms with E-state index in [-0.39, 0.29) is 5.56 Å². The van der Waals surface area contributed by atoms with E-state index in [1.165, 1.54) is 4.57 Å². The van der Waals surface area contributed by atoms with E-state index < -0.39 is 5.69 Å². The van der Waals surface area contributed by atoms with Crippen molar-refractivity contribution in [1.82, 2.24) is 19.1 Å². The predicted octanol–water partition coefficient (Wildman–Crippen LogP) is 2.59. The van der Waals surface area contributed by atoms with Crippen LogP contribution in [-0.4, -0.2) is 45.3 Å². The zero-order valence-corrected chi connectivity index (χ0v) is 18.2. The van der Waals surface area contributed by atoms with E-state index in [1.807, 2.05) is 22.8 Å². The lowest BCUT2D eigenvalue weighted by Gasteiger charge is -2.36. The number of hydrogen-bond donors (Lipinski definition) is 1. The van der Waals surface area contributed by atoms with Gasteiger partial charge in [-0.1, -0.05) is 37.4 Å². The third-order valence-electron chi connectivity index (χ3n) is 5.71. The number of aryl methyl sites for hydroxylation is 2. The molecule has 1 N–H and O–H groups in total. The first-order valence-electron chi connectivity index (χ1n) is 10.4. The second-order valence-electron chi connectivity index (χ2n) is 7.72. The van der Waals surface area contributed by atoms with Crippen LogP contribution in [0.15, 0.2) is 33.9 Å². The van der Waals surface area contributed by atoms with Gasteiger partial charge in [0.2, 0.25) is 5.95 Å². The average Bonchev–Trinajstić information content (AvgIpc) is 3.13. The van der Waals surface area contributed by atoms with E-state index >= 15 is 0 Å². The number of aromatic amines is 1. The highest BCUT2D eigenvalue weighted by Crippen LogP contribution is 2.25. The van der Waals surface area contributed by atoms with Crippen molar-refractivity contribution in [2.45, 2.75) is 32.7 Å². The van der Waals surface area contributed by atoms with E-state index in [0.29, 0.717) is 17.7 Å². The van der Waals surface area contributed by atoms with Crippen LogP contribution >= 0.6 is 11.6 Å².